The molecule has 1 saturated carbocycles. The highest BCUT2D eigenvalue weighted by Crippen LogP contribution is 2.35. The zero-order valence-corrected chi connectivity index (χ0v) is 13.5. The average molecular weight is 309 g/mol. The van der Waals surface area contributed by atoms with Crippen LogP contribution in [0.25, 0.3) is 0 Å². The number of ether oxygens (including phenoxy) is 1. The highest BCUT2D eigenvalue weighted by molar-refractivity contribution is 6.32. The Hall–Kier alpha value is -0.930. The molecule has 3 unspecified atom stereocenters. The quantitative estimate of drug-likeness (QED) is 0.860. The lowest BCUT2D eigenvalue weighted by molar-refractivity contribution is 0.340. The van der Waals surface area contributed by atoms with Crippen molar-refractivity contribution < 1.29 is 4.74 Å². The van der Waals surface area contributed by atoms with Crippen molar-refractivity contribution in [2.75, 3.05) is 18.5 Å². The molecule has 1 heterocycles. The van der Waals surface area contributed by atoms with Gasteiger partial charge < -0.3 is 15.4 Å². The van der Waals surface area contributed by atoms with Crippen LogP contribution in [0.1, 0.15) is 39.0 Å². The van der Waals surface area contributed by atoms with E-state index in [9.17, 15) is 0 Å². The summed E-state index contributed by atoms with van der Waals surface area (Å²) in [7, 11) is 0. The van der Waals surface area contributed by atoms with Gasteiger partial charge in [-0.1, -0.05) is 18.0 Å². The van der Waals surface area contributed by atoms with Crippen LogP contribution in [-0.2, 0) is 0 Å². The number of nitrogens with one attached hydrogen (secondary N) is 2. The van der Waals surface area contributed by atoms with Crippen molar-refractivity contribution in [2.45, 2.75) is 51.1 Å². The van der Waals surface area contributed by atoms with Crippen LogP contribution in [0.15, 0.2) is 18.2 Å². The normalized spacial score (nSPS) is 28.8. The molecular weight excluding hydrogens is 284 g/mol. The Labute approximate surface area is 132 Å². The van der Waals surface area contributed by atoms with Crippen molar-refractivity contribution in [1.82, 2.24) is 5.32 Å². The highest BCUT2D eigenvalue weighted by atomic mass is 35.5. The van der Waals surface area contributed by atoms with Crippen LogP contribution in [0.5, 0.6) is 5.75 Å². The van der Waals surface area contributed by atoms with Gasteiger partial charge in [0.25, 0.3) is 0 Å². The third-order valence-corrected chi connectivity index (χ3v) is 5.06. The fourth-order valence-electron chi connectivity index (χ4n) is 3.80. The number of benzene rings is 1. The minimum Gasteiger partial charge on any atom is -0.492 e. The van der Waals surface area contributed by atoms with E-state index in [-0.39, 0.29) is 0 Å². The lowest BCUT2D eigenvalue weighted by Gasteiger charge is -2.27. The molecule has 1 aromatic carbocycles. The van der Waals surface area contributed by atoms with E-state index >= 15 is 0 Å². The summed E-state index contributed by atoms with van der Waals surface area (Å²) in [5.41, 5.74) is 1.11. The number of hydrogen-bond acceptors (Lipinski definition) is 3. The first-order chi connectivity index (χ1) is 10.3. The number of hydrogen-bond donors (Lipinski definition) is 2. The number of anilines is 1. The second kappa shape index (κ2) is 6.89. The molecule has 3 rings (SSSR count). The summed E-state index contributed by atoms with van der Waals surface area (Å²) in [6.07, 6.45) is 6.56. The average Bonchev–Trinajstić information content (AvgIpc) is 3.12. The van der Waals surface area contributed by atoms with Crippen LogP contribution in [0, 0.1) is 5.92 Å². The zero-order chi connectivity index (χ0) is 14.7. The Morgan fingerprint density at radius 1 is 1.29 bits per heavy atom. The van der Waals surface area contributed by atoms with Crippen molar-refractivity contribution >= 4 is 17.3 Å². The molecule has 116 valence electrons. The van der Waals surface area contributed by atoms with Crippen LogP contribution in [0.2, 0.25) is 5.02 Å². The summed E-state index contributed by atoms with van der Waals surface area (Å²) < 4.78 is 5.49. The van der Waals surface area contributed by atoms with E-state index in [0.29, 0.717) is 23.7 Å². The van der Waals surface area contributed by atoms with Gasteiger partial charge in [0.2, 0.25) is 0 Å². The first-order valence-corrected chi connectivity index (χ1v) is 8.58. The molecule has 0 amide bonds. The van der Waals surface area contributed by atoms with Gasteiger partial charge in [-0.25, -0.2) is 0 Å². The molecule has 0 aromatic heterocycles. The second-order valence-corrected chi connectivity index (χ2v) is 6.53. The van der Waals surface area contributed by atoms with E-state index in [1.165, 1.54) is 38.6 Å². The van der Waals surface area contributed by atoms with Crippen molar-refractivity contribution in [3.8, 4) is 5.75 Å². The van der Waals surface area contributed by atoms with E-state index in [2.05, 4.69) is 16.7 Å². The molecule has 2 fully saturated rings. The molecule has 3 nitrogen and oxygen atoms in total. The molecule has 3 atom stereocenters. The van der Waals surface area contributed by atoms with E-state index in [1.54, 1.807) is 0 Å². The first kappa shape index (κ1) is 15.0. The summed E-state index contributed by atoms with van der Waals surface area (Å²) in [6, 6.07) is 7.29. The fourth-order valence-corrected chi connectivity index (χ4v) is 4.04. The van der Waals surface area contributed by atoms with E-state index in [1.807, 2.05) is 19.1 Å². The van der Waals surface area contributed by atoms with Gasteiger partial charge in [-0.05, 0) is 63.3 Å². The lowest BCUT2D eigenvalue weighted by Crippen LogP contribution is -2.38. The standard InChI is InChI=1S/C17H25ClN2O/c1-2-21-17-9-8-12(11-14(17)18)20-16-6-3-5-13(16)15-7-4-10-19-15/h8-9,11,13,15-16,19-20H,2-7,10H2,1H3. The van der Waals surface area contributed by atoms with Crippen LogP contribution in [0.4, 0.5) is 5.69 Å². The Kier molecular flexibility index (Phi) is 4.91. The molecule has 0 radical (unpaired) electrons. The maximum Gasteiger partial charge on any atom is 0.138 e. The zero-order valence-electron chi connectivity index (χ0n) is 12.7. The predicted octanol–water partition coefficient (Wildman–Crippen LogP) is 4.07. The largest absolute Gasteiger partial charge is 0.492 e. The molecule has 21 heavy (non-hydrogen) atoms. The minimum atomic E-state index is 0.564. The van der Waals surface area contributed by atoms with Gasteiger partial charge in [-0.15, -0.1) is 0 Å². The molecule has 2 aliphatic rings. The molecule has 4 heteroatoms. The second-order valence-electron chi connectivity index (χ2n) is 6.13. The first-order valence-electron chi connectivity index (χ1n) is 8.20. The van der Waals surface area contributed by atoms with Crippen molar-refractivity contribution in [3.63, 3.8) is 0 Å². The summed E-state index contributed by atoms with van der Waals surface area (Å²) in [5, 5.41) is 8.05. The molecule has 0 bridgehead atoms. The minimum absolute atomic E-state index is 0.564. The summed E-state index contributed by atoms with van der Waals surface area (Å²) in [4.78, 5) is 0. The van der Waals surface area contributed by atoms with Crippen molar-refractivity contribution in [2.24, 2.45) is 5.92 Å². The third kappa shape index (κ3) is 3.46. The lowest BCUT2D eigenvalue weighted by atomic mass is 9.93. The SMILES string of the molecule is CCOc1ccc(NC2CCCC2C2CCCN2)cc1Cl. The van der Waals surface area contributed by atoms with Gasteiger partial charge in [0, 0.05) is 17.8 Å². The van der Waals surface area contributed by atoms with Crippen LogP contribution in [-0.4, -0.2) is 25.2 Å². The summed E-state index contributed by atoms with van der Waals surface area (Å²) in [6.45, 7) is 3.80. The van der Waals surface area contributed by atoms with Gasteiger partial charge in [0.15, 0.2) is 0 Å². The van der Waals surface area contributed by atoms with E-state index in [0.717, 1.165) is 17.4 Å². The Balaban J connectivity index is 1.66. The highest BCUT2D eigenvalue weighted by Gasteiger charge is 2.34. The molecule has 1 aromatic rings. The number of halogens is 1. The van der Waals surface area contributed by atoms with Crippen LogP contribution in [0.3, 0.4) is 0 Å². The van der Waals surface area contributed by atoms with Gasteiger partial charge >= 0.3 is 0 Å². The van der Waals surface area contributed by atoms with Gasteiger partial charge in [-0.2, -0.15) is 0 Å². The smallest absolute Gasteiger partial charge is 0.138 e. The Morgan fingerprint density at radius 2 is 2.19 bits per heavy atom. The predicted molar refractivity (Wildman–Crippen MR) is 88.4 cm³/mol. The summed E-state index contributed by atoms with van der Waals surface area (Å²) >= 11 is 6.28. The van der Waals surface area contributed by atoms with Crippen LogP contribution < -0.4 is 15.4 Å². The number of rotatable bonds is 5. The van der Waals surface area contributed by atoms with Crippen LogP contribution >= 0.6 is 11.6 Å². The van der Waals surface area contributed by atoms with Gasteiger partial charge in [0.1, 0.15) is 5.75 Å². The van der Waals surface area contributed by atoms with Crippen molar-refractivity contribution in [3.05, 3.63) is 23.2 Å². The molecule has 0 spiro atoms. The molecule has 1 aliphatic heterocycles. The monoisotopic (exact) mass is 308 g/mol. The summed E-state index contributed by atoms with van der Waals surface area (Å²) in [5.74, 6) is 1.52. The molecule has 1 saturated heterocycles. The topological polar surface area (TPSA) is 33.3 Å². The van der Waals surface area contributed by atoms with Crippen molar-refractivity contribution in [1.29, 1.82) is 0 Å². The molecule has 2 N–H and O–H groups in total. The molecule has 1 aliphatic carbocycles. The Bertz CT molecular complexity index is 474. The maximum atomic E-state index is 6.28. The van der Waals surface area contributed by atoms with E-state index < -0.39 is 0 Å². The maximum absolute atomic E-state index is 6.28. The van der Waals surface area contributed by atoms with Gasteiger partial charge in [0.05, 0.1) is 11.6 Å². The van der Waals surface area contributed by atoms with E-state index in [4.69, 9.17) is 16.3 Å². The van der Waals surface area contributed by atoms with Gasteiger partial charge in [-0.3, -0.25) is 0 Å². The molecular formula is C17H25ClN2O. The Morgan fingerprint density at radius 3 is 2.90 bits per heavy atom. The fraction of sp³-hybridized carbons (Fsp3) is 0.647. The third-order valence-electron chi connectivity index (χ3n) is 4.77.